The first-order valence-electron chi connectivity index (χ1n) is 8.45. The molecular formula is C18H27N3O. The molecule has 0 spiro atoms. The first-order valence-corrected chi connectivity index (χ1v) is 8.45. The van der Waals surface area contributed by atoms with Crippen LogP contribution in [0.5, 0.6) is 0 Å². The number of rotatable bonds is 5. The predicted octanol–water partition coefficient (Wildman–Crippen LogP) is 1.78. The van der Waals surface area contributed by atoms with E-state index in [4.69, 9.17) is 0 Å². The van der Waals surface area contributed by atoms with Gasteiger partial charge in [0.2, 0.25) is 5.91 Å². The molecular weight excluding hydrogens is 274 g/mol. The lowest BCUT2D eigenvalue weighted by Crippen LogP contribution is -2.53. The smallest absolute Gasteiger partial charge is 0.237 e. The van der Waals surface area contributed by atoms with Gasteiger partial charge in [0.1, 0.15) is 0 Å². The average molecular weight is 301 g/mol. The third kappa shape index (κ3) is 3.87. The van der Waals surface area contributed by atoms with Crippen LogP contribution < -0.4 is 5.32 Å². The molecule has 0 aromatic heterocycles. The zero-order chi connectivity index (χ0) is 15.5. The van der Waals surface area contributed by atoms with Crippen molar-refractivity contribution in [3.63, 3.8) is 0 Å². The highest BCUT2D eigenvalue weighted by Gasteiger charge is 2.29. The van der Waals surface area contributed by atoms with E-state index in [0.717, 1.165) is 45.6 Å². The number of amides is 1. The average Bonchev–Trinajstić information content (AvgIpc) is 3.33. The number of nitrogens with one attached hydrogen (secondary N) is 1. The first kappa shape index (κ1) is 15.5. The fourth-order valence-corrected chi connectivity index (χ4v) is 3.05. The van der Waals surface area contributed by atoms with Gasteiger partial charge in [-0.1, -0.05) is 24.3 Å². The molecule has 4 heteroatoms. The van der Waals surface area contributed by atoms with Crippen LogP contribution in [0, 0.1) is 6.92 Å². The standard InChI is InChI=1S/C18H27N3O/c1-14-5-3-4-6-16(14)13-20-9-11-21(12-10-20)15(2)18(22)19-17-7-8-17/h3-6,15,17H,7-13H2,1-2H3,(H,19,22)/t15-/m0/s1. The fourth-order valence-electron chi connectivity index (χ4n) is 3.05. The van der Waals surface area contributed by atoms with Crippen molar-refractivity contribution in [2.24, 2.45) is 0 Å². The monoisotopic (exact) mass is 301 g/mol. The lowest BCUT2D eigenvalue weighted by atomic mass is 10.1. The van der Waals surface area contributed by atoms with E-state index in [2.05, 4.69) is 46.3 Å². The van der Waals surface area contributed by atoms with Crippen molar-refractivity contribution < 1.29 is 4.79 Å². The molecule has 4 nitrogen and oxygen atoms in total. The van der Waals surface area contributed by atoms with Crippen molar-refractivity contribution in [3.8, 4) is 0 Å². The highest BCUT2D eigenvalue weighted by atomic mass is 16.2. The number of hydrogen-bond donors (Lipinski definition) is 1. The molecule has 1 saturated carbocycles. The number of benzene rings is 1. The summed E-state index contributed by atoms with van der Waals surface area (Å²) in [7, 11) is 0. The van der Waals surface area contributed by atoms with Gasteiger partial charge in [-0.15, -0.1) is 0 Å². The van der Waals surface area contributed by atoms with Crippen LogP contribution in [0.1, 0.15) is 30.9 Å². The summed E-state index contributed by atoms with van der Waals surface area (Å²) in [5.74, 6) is 0.204. The Bertz CT molecular complexity index is 519. The first-order chi connectivity index (χ1) is 10.6. The maximum atomic E-state index is 12.1. The Labute approximate surface area is 133 Å². The third-order valence-electron chi connectivity index (χ3n) is 4.91. The molecule has 1 heterocycles. The van der Waals surface area contributed by atoms with Gasteiger partial charge in [-0.05, 0) is 37.8 Å². The molecule has 1 saturated heterocycles. The van der Waals surface area contributed by atoms with E-state index >= 15 is 0 Å². The van der Waals surface area contributed by atoms with Crippen LogP contribution in [-0.2, 0) is 11.3 Å². The highest BCUT2D eigenvalue weighted by molar-refractivity contribution is 5.81. The summed E-state index contributed by atoms with van der Waals surface area (Å²) in [5.41, 5.74) is 2.78. The maximum Gasteiger partial charge on any atom is 0.237 e. The lowest BCUT2D eigenvalue weighted by molar-refractivity contribution is -0.126. The number of carbonyl (C=O) groups excluding carboxylic acids is 1. The van der Waals surface area contributed by atoms with Crippen LogP contribution in [0.15, 0.2) is 24.3 Å². The molecule has 3 rings (SSSR count). The van der Waals surface area contributed by atoms with Crippen molar-refractivity contribution in [1.29, 1.82) is 0 Å². The molecule has 0 bridgehead atoms. The molecule has 2 aliphatic rings. The Morgan fingerprint density at radius 3 is 2.55 bits per heavy atom. The molecule has 0 unspecified atom stereocenters. The Morgan fingerprint density at radius 1 is 1.23 bits per heavy atom. The minimum Gasteiger partial charge on any atom is -0.352 e. The fraction of sp³-hybridized carbons (Fsp3) is 0.611. The normalized spacial score (nSPS) is 21.5. The lowest BCUT2D eigenvalue weighted by Gasteiger charge is -2.37. The summed E-state index contributed by atoms with van der Waals surface area (Å²) in [4.78, 5) is 16.9. The van der Waals surface area contributed by atoms with Crippen LogP contribution in [0.4, 0.5) is 0 Å². The Kier molecular flexibility index (Phi) is 4.79. The Balaban J connectivity index is 1.47. The third-order valence-corrected chi connectivity index (χ3v) is 4.91. The van der Waals surface area contributed by atoms with E-state index in [1.54, 1.807) is 0 Å². The summed E-state index contributed by atoms with van der Waals surface area (Å²) in [6.45, 7) is 9.26. The van der Waals surface area contributed by atoms with Gasteiger partial charge in [-0.3, -0.25) is 14.6 Å². The van der Waals surface area contributed by atoms with Crippen LogP contribution in [0.3, 0.4) is 0 Å². The molecule has 2 fully saturated rings. The van der Waals surface area contributed by atoms with E-state index in [0.29, 0.717) is 6.04 Å². The van der Waals surface area contributed by atoms with Crippen molar-refractivity contribution in [2.45, 2.75) is 45.3 Å². The van der Waals surface area contributed by atoms with Gasteiger partial charge in [0.15, 0.2) is 0 Å². The van der Waals surface area contributed by atoms with Crippen molar-refractivity contribution in [1.82, 2.24) is 15.1 Å². The van der Waals surface area contributed by atoms with Gasteiger partial charge in [0, 0.05) is 38.8 Å². The summed E-state index contributed by atoms with van der Waals surface area (Å²) < 4.78 is 0. The minimum absolute atomic E-state index is 0.00112. The van der Waals surface area contributed by atoms with Crippen molar-refractivity contribution >= 4 is 5.91 Å². The topological polar surface area (TPSA) is 35.6 Å². The summed E-state index contributed by atoms with van der Waals surface area (Å²) >= 11 is 0. The molecule has 0 radical (unpaired) electrons. The van der Waals surface area contributed by atoms with Gasteiger partial charge in [-0.25, -0.2) is 0 Å². The van der Waals surface area contributed by atoms with Gasteiger partial charge >= 0.3 is 0 Å². The number of nitrogens with zero attached hydrogens (tertiary/aromatic N) is 2. The number of piperazine rings is 1. The van der Waals surface area contributed by atoms with E-state index in [-0.39, 0.29) is 11.9 Å². The van der Waals surface area contributed by atoms with Crippen LogP contribution in [0.2, 0.25) is 0 Å². The Hall–Kier alpha value is -1.39. The molecule has 120 valence electrons. The number of aryl methyl sites for hydroxylation is 1. The zero-order valence-electron chi connectivity index (χ0n) is 13.7. The quantitative estimate of drug-likeness (QED) is 0.900. The summed E-state index contributed by atoms with van der Waals surface area (Å²) in [6, 6.07) is 9.06. The molecule has 1 aromatic carbocycles. The van der Waals surface area contributed by atoms with Gasteiger partial charge in [0.25, 0.3) is 0 Å². The van der Waals surface area contributed by atoms with Crippen LogP contribution in [-0.4, -0.2) is 54.0 Å². The predicted molar refractivity (Wildman–Crippen MR) is 88.7 cm³/mol. The van der Waals surface area contributed by atoms with Crippen LogP contribution in [0.25, 0.3) is 0 Å². The molecule has 1 aromatic rings. The van der Waals surface area contributed by atoms with Crippen molar-refractivity contribution in [2.75, 3.05) is 26.2 Å². The Morgan fingerprint density at radius 2 is 1.91 bits per heavy atom. The molecule has 1 amide bonds. The maximum absolute atomic E-state index is 12.1. The van der Waals surface area contributed by atoms with E-state index < -0.39 is 0 Å². The zero-order valence-corrected chi connectivity index (χ0v) is 13.7. The molecule has 22 heavy (non-hydrogen) atoms. The van der Waals surface area contributed by atoms with E-state index in [9.17, 15) is 4.79 Å². The highest BCUT2D eigenvalue weighted by Crippen LogP contribution is 2.19. The number of carbonyl (C=O) groups is 1. The van der Waals surface area contributed by atoms with Crippen molar-refractivity contribution in [3.05, 3.63) is 35.4 Å². The van der Waals surface area contributed by atoms with E-state index in [1.165, 1.54) is 11.1 Å². The largest absolute Gasteiger partial charge is 0.352 e. The molecule has 1 N–H and O–H groups in total. The van der Waals surface area contributed by atoms with Gasteiger partial charge in [-0.2, -0.15) is 0 Å². The summed E-state index contributed by atoms with van der Waals surface area (Å²) in [6.07, 6.45) is 2.31. The minimum atomic E-state index is 0.00112. The molecule has 1 aliphatic heterocycles. The van der Waals surface area contributed by atoms with Gasteiger partial charge in [0.05, 0.1) is 6.04 Å². The second kappa shape index (κ2) is 6.80. The number of hydrogen-bond acceptors (Lipinski definition) is 3. The molecule has 1 aliphatic carbocycles. The van der Waals surface area contributed by atoms with E-state index in [1.807, 2.05) is 6.92 Å². The SMILES string of the molecule is Cc1ccccc1CN1CCN([C@@H](C)C(=O)NC2CC2)CC1. The van der Waals surface area contributed by atoms with Crippen LogP contribution >= 0.6 is 0 Å². The second-order valence-corrected chi connectivity index (χ2v) is 6.70. The summed E-state index contributed by atoms with van der Waals surface area (Å²) in [5, 5.41) is 3.12. The van der Waals surface area contributed by atoms with Gasteiger partial charge < -0.3 is 5.32 Å². The second-order valence-electron chi connectivity index (χ2n) is 6.70. The molecule has 1 atom stereocenters.